The summed E-state index contributed by atoms with van der Waals surface area (Å²) in [5, 5.41) is 61.2. The molecule has 0 radical (unpaired) electrons. The number of nitrogens with zero attached hydrogens (tertiary/aromatic N) is 8. The summed E-state index contributed by atoms with van der Waals surface area (Å²) < 4.78 is 13.0. The molecule has 0 spiro atoms. The van der Waals surface area contributed by atoms with Gasteiger partial charge in [0.1, 0.15) is 12.2 Å². The molecule has 2 heterocycles. The van der Waals surface area contributed by atoms with Crippen LogP contribution in [0.15, 0.2) is 151 Å². The molecule has 15 heteroatoms. The normalized spacial score (nSPS) is 12.6. The maximum absolute atomic E-state index is 10.5. The Morgan fingerprint density at radius 2 is 0.882 bits per heavy atom. The molecular formula is C36H34N8O7. The van der Waals surface area contributed by atoms with Gasteiger partial charge in [-0.1, -0.05) is 121 Å². The highest BCUT2D eigenvalue weighted by atomic mass is 16.5. The van der Waals surface area contributed by atoms with Crippen LogP contribution in [0.4, 0.5) is 11.8 Å². The minimum atomic E-state index is -0.780. The highest BCUT2D eigenvalue weighted by Gasteiger charge is 2.27. The quantitative estimate of drug-likeness (QED) is 0.0867. The van der Waals surface area contributed by atoms with Crippen LogP contribution in [0.5, 0.6) is 0 Å². The van der Waals surface area contributed by atoms with E-state index in [0.717, 1.165) is 22.3 Å². The van der Waals surface area contributed by atoms with Gasteiger partial charge in [0, 0.05) is 12.2 Å². The summed E-state index contributed by atoms with van der Waals surface area (Å²) >= 11 is 0. The predicted octanol–water partition coefficient (Wildman–Crippen LogP) is 6.07. The van der Waals surface area contributed by atoms with Gasteiger partial charge in [-0.2, -0.15) is 0 Å². The van der Waals surface area contributed by atoms with Crippen LogP contribution in [-0.4, -0.2) is 26.2 Å². The summed E-state index contributed by atoms with van der Waals surface area (Å²) in [5.74, 6) is -0.0233. The van der Waals surface area contributed by atoms with Crippen LogP contribution in [0.3, 0.4) is 0 Å². The second-order valence-electron chi connectivity index (χ2n) is 10.6. The van der Waals surface area contributed by atoms with E-state index in [9.17, 15) is 20.6 Å². The maximum atomic E-state index is 10.5. The van der Waals surface area contributed by atoms with Crippen LogP contribution in [-0.2, 0) is 13.1 Å². The monoisotopic (exact) mass is 690 g/mol. The van der Waals surface area contributed by atoms with Crippen molar-refractivity contribution < 1.29 is 34.1 Å². The second kappa shape index (κ2) is 19.4. The first-order chi connectivity index (χ1) is 24.6. The Labute approximate surface area is 291 Å². The van der Waals surface area contributed by atoms with Gasteiger partial charge in [0.05, 0.1) is 0 Å². The highest BCUT2D eigenvalue weighted by molar-refractivity contribution is 5.70. The van der Waals surface area contributed by atoms with Gasteiger partial charge in [0.2, 0.25) is 23.6 Å². The van der Waals surface area contributed by atoms with Crippen LogP contribution in [0.1, 0.15) is 45.8 Å². The van der Waals surface area contributed by atoms with Gasteiger partial charge >= 0.3 is 23.2 Å². The molecule has 4 aromatic carbocycles. The Kier molecular flexibility index (Phi) is 14.1. The van der Waals surface area contributed by atoms with Crippen LogP contribution < -0.4 is 9.36 Å². The number of hydrogen-bond acceptors (Lipinski definition) is 12. The fourth-order valence-corrected chi connectivity index (χ4v) is 4.74. The van der Waals surface area contributed by atoms with E-state index in [4.69, 9.17) is 9.05 Å². The molecule has 6 rings (SSSR count). The Bertz CT molecular complexity index is 1870. The average molecular weight is 691 g/mol. The lowest BCUT2D eigenvalue weighted by Gasteiger charge is -2.04. The molecule has 0 aliphatic carbocycles. The zero-order chi connectivity index (χ0) is 35.0. The summed E-state index contributed by atoms with van der Waals surface area (Å²) in [6.45, 7) is 0.298. The van der Waals surface area contributed by atoms with Gasteiger partial charge in [-0.3, -0.25) is 9.05 Å². The molecule has 260 valence electrons. The van der Waals surface area contributed by atoms with Crippen LogP contribution in [0.2, 0.25) is 0 Å². The molecule has 0 saturated heterocycles. The average Bonchev–Trinajstić information content (AvgIpc) is 3.73. The fourth-order valence-electron chi connectivity index (χ4n) is 4.74. The van der Waals surface area contributed by atoms with E-state index in [0.29, 0.717) is 11.4 Å². The Hall–Kier alpha value is -6.68. The molecule has 0 bridgehead atoms. The molecule has 51 heavy (non-hydrogen) atoms. The first kappa shape index (κ1) is 37.1. The minimum absolute atomic E-state index is 0. The highest BCUT2D eigenvalue weighted by Crippen LogP contribution is 2.21. The van der Waals surface area contributed by atoms with Crippen molar-refractivity contribution in [2.75, 3.05) is 0 Å². The Morgan fingerprint density at radius 1 is 0.549 bits per heavy atom. The SMILES string of the molecule is O.[O-]/N=N/c1on[n+](CC(O)c2ccccc2)c1/C=C/c1ccccc1.[O-]/N=N/c1on[n+](CC(O)c2ccccc2)c1/C=C/c1ccccc1. The smallest absolute Gasteiger partial charge is 0.346 e. The van der Waals surface area contributed by atoms with Crippen molar-refractivity contribution in [2.24, 2.45) is 20.8 Å². The van der Waals surface area contributed by atoms with E-state index in [1.54, 1.807) is 12.2 Å². The van der Waals surface area contributed by atoms with Gasteiger partial charge in [-0.15, -0.1) is 10.2 Å². The lowest BCUT2D eigenvalue weighted by atomic mass is 10.1. The molecule has 2 aromatic heterocycles. The van der Waals surface area contributed by atoms with Crippen molar-refractivity contribution in [3.63, 3.8) is 0 Å². The van der Waals surface area contributed by atoms with Crippen LogP contribution in [0, 0.1) is 10.4 Å². The van der Waals surface area contributed by atoms with E-state index in [1.165, 1.54) is 9.36 Å². The van der Waals surface area contributed by atoms with Gasteiger partial charge < -0.3 is 26.1 Å². The first-order valence-corrected chi connectivity index (χ1v) is 15.3. The summed E-state index contributed by atoms with van der Waals surface area (Å²) in [5.41, 5.74) is 4.32. The molecule has 6 aromatic rings. The molecule has 0 aliphatic heterocycles. The van der Waals surface area contributed by atoms with Gasteiger partial charge in [0.25, 0.3) is 0 Å². The van der Waals surface area contributed by atoms with Crippen molar-refractivity contribution in [3.8, 4) is 0 Å². The standard InChI is InChI=1S/2C18H16N4O3.H2O/c2*23-17(15-9-5-2-6-10-15)13-22-16(18(19-20-24)25-21-22)12-11-14-7-3-1-4-8-14;/h2*1-12,17,23H,13H2;1H2/b2*12-11+;. The molecule has 0 fully saturated rings. The maximum Gasteiger partial charge on any atom is 0.346 e. The van der Waals surface area contributed by atoms with Crippen molar-refractivity contribution in [1.29, 1.82) is 0 Å². The number of rotatable bonds is 12. The van der Waals surface area contributed by atoms with Crippen molar-refractivity contribution in [1.82, 2.24) is 10.5 Å². The summed E-state index contributed by atoms with van der Waals surface area (Å²) in [6, 6.07) is 37.7. The lowest BCUT2D eigenvalue weighted by molar-refractivity contribution is -0.769. The van der Waals surface area contributed by atoms with Gasteiger partial charge in [-0.25, -0.2) is 10.6 Å². The third-order valence-electron chi connectivity index (χ3n) is 7.24. The van der Waals surface area contributed by atoms with Gasteiger partial charge in [0.15, 0.2) is 0 Å². The van der Waals surface area contributed by atoms with Crippen molar-refractivity contribution in [2.45, 2.75) is 25.3 Å². The number of hydrogen-bond donors (Lipinski definition) is 2. The zero-order valence-electron chi connectivity index (χ0n) is 27.0. The second-order valence-corrected chi connectivity index (χ2v) is 10.6. The number of benzene rings is 4. The summed E-state index contributed by atoms with van der Waals surface area (Å²) in [6.07, 6.45) is 5.54. The molecule has 0 aliphatic rings. The molecular weight excluding hydrogens is 656 g/mol. The predicted molar refractivity (Wildman–Crippen MR) is 186 cm³/mol. The topological polar surface area (TPSA) is 227 Å². The summed E-state index contributed by atoms with van der Waals surface area (Å²) in [4.78, 5) is 0. The van der Waals surface area contributed by atoms with Crippen LogP contribution >= 0.6 is 0 Å². The number of aromatic nitrogens is 4. The molecule has 0 saturated carbocycles. The third-order valence-corrected chi connectivity index (χ3v) is 7.24. The van der Waals surface area contributed by atoms with E-state index in [1.807, 2.05) is 133 Å². The Balaban J connectivity index is 0.000000224. The summed E-state index contributed by atoms with van der Waals surface area (Å²) in [7, 11) is 0. The molecule has 0 amide bonds. The van der Waals surface area contributed by atoms with Crippen molar-refractivity contribution >= 4 is 36.1 Å². The third kappa shape index (κ3) is 10.7. The van der Waals surface area contributed by atoms with E-state index in [-0.39, 0.29) is 30.3 Å². The largest absolute Gasteiger partial charge is 0.775 e. The number of aliphatic hydroxyl groups excluding tert-OH is 2. The fraction of sp³-hybridized carbons (Fsp3) is 0.111. The van der Waals surface area contributed by atoms with Crippen molar-refractivity contribution in [3.05, 3.63) is 165 Å². The molecule has 15 nitrogen and oxygen atoms in total. The van der Waals surface area contributed by atoms with Crippen LogP contribution in [0.25, 0.3) is 24.3 Å². The first-order valence-electron chi connectivity index (χ1n) is 15.3. The molecule has 2 unspecified atom stereocenters. The van der Waals surface area contributed by atoms with E-state index >= 15 is 0 Å². The molecule has 2 atom stereocenters. The zero-order valence-corrected chi connectivity index (χ0v) is 27.0. The van der Waals surface area contributed by atoms with E-state index in [2.05, 4.69) is 31.3 Å². The Morgan fingerprint density at radius 3 is 1.22 bits per heavy atom. The minimum Gasteiger partial charge on any atom is -0.775 e. The van der Waals surface area contributed by atoms with E-state index < -0.39 is 12.2 Å². The lowest BCUT2D eigenvalue weighted by Crippen LogP contribution is -2.40. The molecule has 4 N–H and O–H groups in total. The number of aliphatic hydroxyl groups is 2. The van der Waals surface area contributed by atoms with Gasteiger partial charge in [-0.05, 0) is 43.8 Å².